The van der Waals surface area contributed by atoms with Gasteiger partial charge in [-0.1, -0.05) is 86.9 Å². The molecule has 3 aliphatic heterocycles. The molecule has 13 unspecified atom stereocenters. The van der Waals surface area contributed by atoms with Gasteiger partial charge in [0, 0.05) is 25.9 Å². The van der Waals surface area contributed by atoms with E-state index < -0.39 is 126 Å². The normalized spacial score (nSPS) is 30.7. The van der Waals surface area contributed by atoms with E-state index in [0.717, 1.165) is 11.1 Å². The molecule has 19 heteroatoms. The summed E-state index contributed by atoms with van der Waals surface area (Å²) in [5.74, 6) is -4.37. The highest BCUT2D eigenvalue weighted by atomic mass is 35.5. The molecule has 0 spiro atoms. The summed E-state index contributed by atoms with van der Waals surface area (Å²) in [4.78, 5) is 40.0. The molecule has 0 aliphatic carbocycles. The Morgan fingerprint density at radius 1 is 0.944 bits per heavy atom. The van der Waals surface area contributed by atoms with Gasteiger partial charge in [0.2, 0.25) is 0 Å². The van der Waals surface area contributed by atoms with Crippen molar-refractivity contribution in [3.05, 3.63) is 79.9 Å². The van der Waals surface area contributed by atoms with Crippen LogP contribution in [-0.4, -0.2) is 141 Å². The number of ether oxygens (including phenoxy) is 8. The summed E-state index contributed by atoms with van der Waals surface area (Å²) in [6.07, 6.45) is -1.93. The Morgan fingerprint density at radius 2 is 1.62 bits per heavy atom. The molecule has 6 N–H and O–H groups in total. The van der Waals surface area contributed by atoms with Crippen LogP contribution in [0.3, 0.4) is 0 Å². The van der Waals surface area contributed by atoms with Crippen LogP contribution in [0.15, 0.2) is 58.7 Å². The second kappa shape index (κ2) is 26.4. The summed E-state index contributed by atoms with van der Waals surface area (Å²) in [5, 5.41) is 65.2. The van der Waals surface area contributed by atoms with E-state index in [0.29, 0.717) is 12.0 Å². The molecule has 0 radical (unpaired) electrons. The molecule has 0 saturated carbocycles. The number of rotatable bonds is 13. The molecule has 0 amide bonds. The summed E-state index contributed by atoms with van der Waals surface area (Å²) in [6, 6.07) is 0. The number of esters is 3. The molecule has 1 aromatic carbocycles. The molecule has 398 valence electrons. The highest BCUT2D eigenvalue weighted by molar-refractivity contribution is 6.39. The summed E-state index contributed by atoms with van der Waals surface area (Å²) < 4.78 is 47.9. The van der Waals surface area contributed by atoms with E-state index in [2.05, 4.69) is 0 Å². The van der Waals surface area contributed by atoms with Gasteiger partial charge in [0.25, 0.3) is 0 Å². The maximum Gasteiger partial charge on any atom is 0.342 e. The standard InChI is InChI=1S/C52H74Cl2O17/c1-13-31-22-27(6)34(56)18-16-15-17-32(24-65-51-46(64-12)43(60)45(30(9)66-51)69-49(63)38-33(14-2)39(53)42(59)40(54)41(38)58)48(62)67-36(29(8)55)20-19-26(5)21-28(7)44(31)70-50-35(57)23-37(52(10,11)71-50)68-47(61)25(3)4/h15-17,19,21-22,25,29-31,34-37,43-46,50-51,55-60H,13-14,18,20,23-24H2,1-12H3. The van der Waals surface area contributed by atoms with Gasteiger partial charge in [-0.05, 0) is 90.5 Å². The molecule has 0 aromatic heterocycles. The molecule has 3 heterocycles. The summed E-state index contributed by atoms with van der Waals surface area (Å²) in [5.41, 5.74) is 0.814. The number of carbonyl (C=O) groups excluding carboxylic acids is 3. The topological polar surface area (TPSA) is 246 Å². The molecule has 71 heavy (non-hydrogen) atoms. The smallest absolute Gasteiger partial charge is 0.342 e. The van der Waals surface area contributed by atoms with Gasteiger partial charge in [-0.25, -0.2) is 9.59 Å². The quantitative estimate of drug-likeness (QED) is 0.0646. The van der Waals surface area contributed by atoms with Gasteiger partial charge in [-0.3, -0.25) is 4.79 Å². The zero-order valence-electron chi connectivity index (χ0n) is 42.7. The zero-order chi connectivity index (χ0) is 53.2. The summed E-state index contributed by atoms with van der Waals surface area (Å²) >= 11 is 12.3. The number of hydrogen-bond donors (Lipinski definition) is 6. The first-order valence-corrected chi connectivity index (χ1v) is 24.8. The third-order valence-electron chi connectivity index (χ3n) is 12.9. The first-order valence-electron chi connectivity index (χ1n) is 24.1. The van der Waals surface area contributed by atoms with Crippen LogP contribution in [0.1, 0.15) is 118 Å². The predicted molar refractivity (Wildman–Crippen MR) is 264 cm³/mol. The first-order chi connectivity index (χ1) is 33.3. The fraction of sp³-hybridized carbons (Fsp3) is 0.635. The molecule has 13 atom stereocenters. The van der Waals surface area contributed by atoms with Gasteiger partial charge < -0.3 is 68.5 Å². The summed E-state index contributed by atoms with van der Waals surface area (Å²) in [7, 11) is 1.27. The lowest BCUT2D eigenvalue weighted by molar-refractivity contribution is -0.306. The monoisotopic (exact) mass is 1040 g/mol. The number of phenols is 2. The highest BCUT2D eigenvalue weighted by Crippen LogP contribution is 2.45. The van der Waals surface area contributed by atoms with E-state index in [1.165, 1.54) is 27.0 Å². The lowest BCUT2D eigenvalue weighted by Crippen LogP contribution is -2.59. The van der Waals surface area contributed by atoms with Crippen molar-refractivity contribution >= 4 is 41.1 Å². The minimum atomic E-state index is -1.56. The van der Waals surface area contributed by atoms with Gasteiger partial charge >= 0.3 is 17.9 Å². The number of allylic oxidation sites excluding steroid dienone is 4. The van der Waals surface area contributed by atoms with Crippen LogP contribution in [0.25, 0.3) is 0 Å². The lowest BCUT2D eigenvalue weighted by Gasteiger charge is -2.45. The zero-order valence-corrected chi connectivity index (χ0v) is 44.2. The van der Waals surface area contributed by atoms with Crippen molar-refractivity contribution in [3.8, 4) is 11.5 Å². The molecule has 17 nitrogen and oxygen atoms in total. The van der Waals surface area contributed by atoms with E-state index in [4.69, 9.17) is 61.1 Å². The number of benzene rings is 1. The van der Waals surface area contributed by atoms with Crippen molar-refractivity contribution in [2.45, 2.75) is 187 Å². The number of cyclic esters (lactones) is 1. The average Bonchev–Trinajstić information content (AvgIpc) is 3.30. The number of halogens is 2. The Balaban J connectivity index is 1.59. The number of aliphatic hydroxyl groups excluding tert-OH is 4. The Morgan fingerprint density at radius 3 is 2.23 bits per heavy atom. The average molecular weight is 1040 g/mol. The Kier molecular flexibility index (Phi) is 22.2. The largest absolute Gasteiger partial charge is 0.505 e. The Labute approximate surface area is 427 Å². The molecular weight excluding hydrogens is 967 g/mol. The van der Waals surface area contributed by atoms with E-state index in [9.17, 15) is 45.0 Å². The number of hydrogen-bond acceptors (Lipinski definition) is 17. The lowest BCUT2D eigenvalue weighted by atomic mass is 9.89. The third kappa shape index (κ3) is 15.1. The highest BCUT2D eigenvalue weighted by Gasteiger charge is 2.49. The molecule has 4 rings (SSSR count). The van der Waals surface area contributed by atoms with Crippen LogP contribution in [0, 0.1) is 11.8 Å². The maximum atomic E-state index is 13.9. The van der Waals surface area contributed by atoms with Crippen LogP contribution >= 0.6 is 23.2 Å². The van der Waals surface area contributed by atoms with Crippen LogP contribution in [0.4, 0.5) is 0 Å². The van der Waals surface area contributed by atoms with E-state index in [-0.39, 0.29) is 53.7 Å². The molecule has 2 saturated heterocycles. The Bertz CT molecular complexity index is 2180. The van der Waals surface area contributed by atoms with Gasteiger partial charge in [-0.2, -0.15) is 0 Å². The van der Waals surface area contributed by atoms with Crippen LogP contribution in [0.5, 0.6) is 11.5 Å². The minimum Gasteiger partial charge on any atom is -0.505 e. The van der Waals surface area contributed by atoms with Gasteiger partial charge in [0.15, 0.2) is 30.2 Å². The predicted octanol–water partition coefficient (Wildman–Crippen LogP) is 7.26. The fourth-order valence-electron chi connectivity index (χ4n) is 8.49. The molecule has 1 aromatic rings. The number of aliphatic hydroxyl groups is 4. The maximum absolute atomic E-state index is 13.9. The molecule has 0 bridgehead atoms. The molecular formula is C52H74Cl2O17. The number of aromatic hydroxyl groups is 2. The fourth-order valence-corrected chi connectivity index (χ4v) is 9.05. The van der Waals surface area contributed by atoms with Crippen molar-refractivity contribution in [2.24, 2.45) is 11.8 Å². The van der Waals surface area contributed by atoms with Crippen molar-refractivity contribution in [1.82, 2.24) is 0 Å². The van der Waals surface area contributed by atoms with Crippen molar-refractivity contribution in [1.29, 1.82) is 0 Å². The van der Waals surface area contributed by atoms with E-state index in [1.807, 2.05) is 39.0 Å². The van der Waals surface area contributed by atoms with Crippen LogP contribution in [-0.2, 0) is 53.9 Å². The number of methoxy groups -OCH3 is 1. The molecule has 3 aliphatic rings. The van der Waals surface area contributed by atoms with Gasteiger partial charge in [0.1, 0.15) is 46.7 Å². The number of phenolic OH excluding ortho intramolecular Hbond substituents is 2. The van der Waals surface area contributed by atoms with E-state index >= 15 is 0 Å². The van der Waals surface area contributed by atoms with Crippen LogP contribution in [0.2, 0.25) is 10.0 Å². The minimum absolute atomic E-state index is 0.0187. The third-order valence-corrected chi connectivity index (χ3v) is 13.7. The Hall–Kier alpha value is -3.85. The van der Waals surface area contributed by atoms with Crippen molar-refractivity contribution in [2.75, 3.05) is 13.7 Å². The first kappa shape index (κ1) is 59.7. The van der Waals surface area contributed by atoms with E-state index in [1.54, 1.807) is 53.7 Å². The van der Waals surface area contributed by atoms with Crippen LogP contribution < -0.4 is 0 Å². The number of carbonyl (C=O) groups is 3. The van der Waals surface area contributed by atoms with Gasteiger partial charge in [-0.15, -0.1) is 0 Å². The van der Waals surface area contributed by atoms with Crippen molar-refractivity contribution in [3.63, 3.8) is 0 Å². The second-order valence-corrected chi connectivity index (χ2v) is 20.0. The molecule has 2 fully saturated rings. The summed E-state index contributed by atoms with van der Waals surface area (Å²) in [6.45, 7) is 18.7. The SMILES string of the molecule is CCc1c(Cl)c(O)c(Cl)c(O)c1C(=O)OC1C(C)OC(OCC2=CC=CCC(O)C(C)=CC(CC)C(OC3OC(C)(C)C(OC(=O)C(C)C)CC3O)C(C)=CC(C)=CCC(C(C)O)OC2=O)C(OC)C1O. The van der Waals surface area contributed by atoms with Crippen molar-refractivity contribution < 1.29 is 82.9 Å². The van der Waals surface area contributed by atoms with Gasteiger partial charge in [0.05, 0.1) is 47.5 Å². The second-order valence-electron chi connectivity index (χ2n) is 19.3.